The molecule has 0 aromatic heterocycles. The highest BCUT2D eigenvalue weighted by atomic mass is 28.4. The SMILES string of the molecule is C=CC[C@H](C(=O)N1C(=O)OC[C@H]1c1ccccc1)[C@@H](O[Si](C)(C)C(C)(C)C)c1ccc(OCc2ccccc2)c(OC)c1. The number of hydrogen-bond donors (Lipinski definition) is 0. The van der Waals surface area contributed by atoms with Crippen LogP contribution in [0.25, 0.3) is 0 Å². The molecule has 4 rings (SSSR count). The second-order valence-electron chi connectivity index (χ2n) is 12.3. The molecule has 3 atom stereocenters. The van der Waals surface area contributed by atoms with Gasteiger partial charge in [-0.3, -0.25) is 4.79 Å². The first-order valence-corrected chi connectivity index (χ1v) is 17.6. The first-order chi connectivity index (χ1) is 20.5. The van der Waals surface area contributed by atoms with Crippen molar-refractivity contribution in [3.63, 3.8) is 0 Å². The highest BCUT2D eigenvalue weighted by molar-refractivity contribution is 6.74. The van der Waals surface area contributed by atoms with Crippen molar-refractivity contribution in [2.75, 3.05) is 13.7 Å². The van der Waals surface area contributed by atoms with Gasteiger partial charge in [0.05, 0.1) is 19.1 Å². The van der Waals surface area contributed by atoms with Crippen LogP contribution in [0.2, 0.25) is 18.1 Å². The molecule has 1 fully saturated rings. The van der Waals surface area contributed by atoms with E-state index < -0.39 is 32.5 Å². The number of ether oxygens (including phenoxy) is 3. The highest BCUT2D eigenvalue weighted by Crippen LogP contribution is 2.45. The molecule has 0 aliphatic carbocycles. The van der Waals surface area contributed by atoms with E-state index in [1.165, 1.54) is 4.90 Å². The quantitative estimate of drug-likeness (QED) is 0.154. The lowest BCUT2D eigenvalue weighted by molar-refractivity contribution is -0.137. The molecule has 8 heteroatoms. The summed E-state index contributed by atoms with van der Waals surface area (Å²) in [5, 5.41) is -0.130. The van der Waals surface area contributed by atoms with Gasteiger partial charge < -0.3 is 18.6 Å². The molecule has 3 aromatic rings. The van der Waals surface area contributed by atoms with Crippen LogP contribution in [0.15, 0.2) is 91.5 Å². The van der Waals surface area contributed by atoms with Crippen molar-refractivity contribution in [3.05, 3.63) is 108 Å². The summed E-state index contributed by atoms with van der Waals surface area (Å²) in [6.45, 7) is 15.2. The zero-order chi connectivity index (χ0) is 31.2. The predicted molar refractivity (Wildman–Crippen MR) is 170 cm³/mol. The van der Waals surface area contributed by atoms with Gasteiger partial charge in [-0.05, 0) is 53.4 Å². The smallest absolute Gasteiger partial charge is 0.417 e. The summed E-state index contributed by atoms with van der Waals surface area (Å²) in [5.74, 6) is 0.0254. The van der Waals surface area contributed by atoms with Crippen LogP contribution >= 0.6 is 0 Å². The van der Waals surface area contributed by atoms with Gasteiger partial charge in [-0.2, -0.15) is 0 Å². The second kappa shape index (κ2) is 13.6. The molecule has 228 valence electrons. The maximum atomic E-state index is 14.4. The molecule has 0 unspecified atom stereocenters. The molecule has 0 N–H and O–H groups in total. The van der Waals surface area contributed by atoms with Crippen molar-refractivity contribution in [1.29, 1.82) is 0 Å². The fourth-order valence-electron chi connectivity index (χ4n) is 4.89. The summed E-state index contributed by atoms with van der Waals surface area (Å²) >= 11 is 0. The standard InChI is InChI=1S/C35H43NO6Si/c1-8-15-28(33(37)36-29(24-41-34(36)38)26-18-13-10-14-19-26)32(42-43(6,7)35(2,3)4)27-20-21-30(31(22-27)39-5)40-23-25-16-11-9-12-17-25/h8-14,16-22,28-29,32H,1,15,23-24H2,2-7H3/t28-,29-,32-/m0/s1. The Hall–Kier alpha value is -3.88. The Labute approximate surface area is 256 Å². The van der Waals surface area contributed by atoms with E-state index in [2.05, 4.69) is 40.4 Å². The van der Waals surface area contributed by atoms with Crippen LogP contribution in [-0.4, -0.2) is 38.9 Å². The number of benzene rings is 3. The molecule has 0 radical (unpaired) electrons. The molecule has 0 spiro atoms. The third kappa shape index (κ3) is 7.37. The number of carbonyl (C=O) groups is 2. The van der Waals surface area contributed by atoms with E-state index in [0.29, 0.717) is 24.5 Å². The molecule has 2 amide bonds. The fraction of sp³-hybridized carbons (Fsp3) is 0.371. The molecular formula is C35H43NO6Si. The second-order valence-corrected chi connectivity index (χ2v) is 17.1. The minimum atomic E-state index is -2.42. The van der Waals surface area contributed by atoms with E-state index in [4.69, 9.17) is 18.6 Å². The van der Waals surface area contributed by atoms with Gasteiger partial charge in [0.15, 0.2) is 19.8 Å². The van der Waals surface area contributed by atoms with E-state index >= 15 is 0 Å². The number of imide groups is 1. The van der Waals surface area contributed by atoms with Crippen LogP contribution < -0.4 is 9.47 Å². The van der Waals surface area contributed by atoms with Gasteiger partial charge in [0, 0.05) is 0 Å². The zero-order valence-corrected chi connectivity index (χ0v) is 27.0. The van der Waals surface area contributed by atoms with Crippen molar-refractivity contribution >= 4 is 20.3 Å². The molecular weight excluding hydrogens is 558 g/mol. The van der Waals surface area contributed by atoms with Crippen molar-refractivity contribution < 1.29 is 28.2 Å². The Morgan fingerprint density at radius 2 is 1.70 bits per heavy atom. The number of methoxy groups -OCH3 is 1. The minimum Gasteiger partial charge on any atom is -0.493 e. The van der Waals surface area contributed by atoms with Crippen molar-refractivity contribution in [1.82, 2.24) is 4.90 Å². The van der Waals surface area contributed by atoms with Crippen LogP contribution in [-0.2, 0) is 20.6 Å². The number of nitrogens with zero attached hydrogens (tertiary/aromatic N) is 1. The third-order valence-corrected chi connectivity index (χ3v) is 12.8. The monoisotopic (exact) mass is 601 g/mol. The lowest BCUT2D eigenvalue weighted by atomic mass is 9.90. The molecule has 43 heavy (non-hydrogen) atoms. The van der Waals surface area contributed by atoms with Gasteiger partial charge in [0.1, 0.15) is 19.3 Å². The van der Waals surface area contributed by atoms with Gasteiger partial charge >= 0.3 is 6.09 Å². The number of amides is 2. The summed E-state index contributed by atoms with van der Waals surface area (Å²) in [6, 6.07) is 24.5. The van der Waals surface area contributed by atoms with Gasteiger partial charge in [0.2, 0.25) is 5.91 Å². The van der Waals surface area contributed by atoms with Gasteiger partial charge in [0.25, 0.3) is 0 Å². The van der Waals surface area contributed by atoms with Crippen LogP contribution in [0.3, 0.4) is 0 Å². The average Bonchev–Trinajstić information content (AvgIpc) is 3.39. The van der Waals surface area contributed by atoms with Crippen LogP contribution in [0.5, 0.6) is 11.5 Å². The predicted octanol–water partition coefficient (Wildman–Crippen LogP) is 8.25. The van der Waals surface area contributed by atoms with E-state index in [1.54, 1.807) is 13.2 Å². The first kappa shape index (κ1) is 32.0. The molecule has 7 nitrogen and oxygen atoms in total. The Balaban J connectivity index is 1.74. The summed E-state index contributed by atoms with van der Waals surface area (Å²) in [4.78, 5) is 28.7. The van der Waals surface area contributed by atoms with Crippen LogP contribution in [0.4, 0.5) is 4.79 Å². The molecule has 1 saturated heterocycles. The number of cyclic esters (lactones) is 1. The highest BCUT2D eigenvalue weighted by Gasteiger charge is 2.47. The van der Waals surface area contributed by atoms with Crippen molar-refractivity contribution in [3.8, 4) is 11.5 Å². The van der Waals surface area contributed by atoms with Crippen molar-refractivity contribution in [2.24, 2.45) is 5.92 Å². The first-order valence-electron chi connectivity index (χ1n) is 14.6. The molecule has 0 saturated carbocycles. The third-order valence-electron chi connectivity index (χ3n) is 8.38. The topological polar surface area (TPSA) is 74.3 Å². The Morgan fingerprint density at radius 3 is 2.30 bits per heavy atom. The van der Waals surface area contributed by atoms with Gasteiger partial charge in [-0.1, -0.05) is 93.6 Å². The molecule has 1 aliphatic heterocycles. The molecule has 1 heterocycles. The largest absolute Gasteiger partial charge is 0.493 e. The number of carbonyl (C=O) groups excluding carboxylic acids is 2. The van der Waals surface area contributed by atoms with E-state index in [1.807, 2.05) is 78.9 Å². The summed E-state index contributed by atoms with van der Waals surface area (Å²) in [6.07, 6.45) is 0.685. The Kier molecular flexibility index (Phi) is 10.1. The van der Waals surface area contributed by atoms with E-state index in [-0.39, 0.29) is 17.6 Å². The number of hydrogen-bond acceptors (Lipinski definition) is 6. The maximum absolute atomic E-state index is 14.4. The molecule has 3 aromatic carbocycles. The lowest BCUT2D eigenvalue weighted by Gasteiger charge is -2.42. The summed E-state index contributed by atoms with van der Waals surface area (Å²) in [5.41, 5.74) is 2.63. The average molecular weight is 602 g/mol. The van der Waals surface area contributed by atoms with Gasteiger partial charge in [-0.15, -0.1) is 6.58 Å². The maximum Gasteiger partial charge on any atom is 0.417 e. The minimum absolute atomic E-state index is 0.102. The van der Waals surface area contributed by atoms with Crippen LogP contribution in [0, 0.1) is 5.92 Å². The number of rotatable bonds is 12. The molecule has 0 bridgehead atoms. The Morgan fingerprint density at radius 1 is 1.05 bits per heavy atom. The van der Waals surface area contributed by atoms with Crippen LogP contribution in [0.1, 0.15) is 56.0 Å². The summed E-state index contributed by atoms with van der Waals surface area (Å²) < 4.78 is 24.3. The normalized spacial score (nSPS) is 16.7. The van der Waals surface area contributed by atoms with Gasteiger partial charge in [-0.25, -0.2) is 9.69 Å². The van der Waals surface area contributed by atoms with E-state index in [0.717, 1.165) is 16.7 Å². The van der Waals surface area contributed by atoms with Crippen molar-refractivity contribution in [2.45, 2.75) is 64.1 Å². The Bertz CT molecular complexity index is 1400. The fourth-order valence-corrected chi connectivity index (χ4v) is 6.18. The van der Waals surface area contributed by atoms with E-state index in [9.17, 15) is 9.59 Å². The summed E-state index contributed by atoms with van der Waals surface area (Å²) in [7, 11) is -0.827. The number of allylic oxidation sites excluding steroid dienone is 1. The molecule has 1 aliphatic rings. The zero-order valence-electron chi connectivity index (χ0n) is 26.0. The lowest BCUT2D eigenvalue weighted by Crippen LogP contribution is -2.46.